The molecule has 0 spiro atoms. The summed E-state index contributed by atoms with van der Waals surface area (Å²) in [4.78, 5) is 0. The second-order valence-electron chi connectivity index (χ2n) is 5.00. The number of hydrogen-bond acceptors (Lipinski definition) is 2. The van der Waals surface area contributed by atoms with Crippen molar-refractivity contribution in [2.24, 2.45) is 5.73 Å². The van der Waals surface area contributed by atoms with Crippen molar-refractivity contribution in [1.82, 2.24) is 0 Å². The van der Waals surface area contributed by atoms with Gasteiger partial charge in [-0.1, -0.05) is 41.4 Å². The van der Waals surface area contributed by atoms with Crippen LogP contribution in [0.2, 0.25) is 5.02 Å². The molecule has 20 heavy (non-hydrogen) atoms. The van der Waals surface area contributed by atoms with Crippen molar-refractivity contribution in [3.63, 3.8) is 0 Å². The van der Waals surface area contributed by atoms with E-state index < -0.39 is 0 Å². The highest BCUT2D eigenvalue weighted by molar-refractivity contribution is 6.30. The van der Waals surface area contributed by atoms with Gasteiger partial charge < -0.3 is 10.5 Å². The number of benzene rings is 2. The first-order valence-electron chi connectivity index (χ1n) is 6.73. The second kappa shape index (κ2) is 6.78. The summed E-state index contributed by atoms with van der Waals surface area (Å²) in [5.41, 5.74) is 9.58. The van der Waals surface area contributed by atoms with E-state index in [9.17, 15) is 0 Å². The molecule has 0 heterocycles. The van der Waals surface area contributed by atoms with Crippen molar-refractivity contribution in [3.8, 4) is 5.75 Å². The van der Waals surface area contributed by atoms with E-state index in [0.717, 1.165) is 17.2 Å². The van der Waals surface area contributed by atoms with Gasteiger partial charge in [0.05, 0.1) is 7.11 Å². The van der Waals surface area contributed by atoms with Gasteiger partial charge in [-0.2, -0.15) is 0 Å². The summed E-state index contributed by atoms with van der Waals surface area (Å²) in [7, 11) is 1.70. The van der Waals surface area contributed by atoms with Crippen LogP contribution in [0.4, 0.5) is 0 Å². The van der Waals surface area contributed by atoms with Gasteiger partial charge in [-0.05, 0) is 49.2 Å². The lowest BCUT2D eigenvalue weighted by atomic mass is 9.91. The molecule has 2 aromatic rings. The van der Waals surface area contributed by atoms with Crippen LogP contribution in [0.25, 0.3) is 0 Å². The van der Waals surface area contributed by atoms with Crippen LogP contribution in [0, 0.1) is 6.92 Å². The monoisotopic (exact) mass is 289 g/mol. The number of aryl methyl sites for hydroxylation is 1. The van der Waals surface area contributed by atoms with Crippen molar-refractivity contribution in [2.45, 2.75) is 19.3 Å². The zero-order valence-corrected chi connectivity index (χ0v) is 12.7. The SMILES string of the molecule is COc1ccc(C)cc1CC(CN)c1ccc(Cl)cc1. The van der Waals surface area contributed by atoms with Crippen LogP contribution in [-0.2, 0) is 6.42 Å². The number of ether oxygens (including phenoxy) is 1. The minimum Gasteiger partial charge on any atom is -0.496 e. The van der Waals surface area contributed by atoms with Crippen molar-refractivity contribution < 1.29 is 4.74 Å². The van der Waals surface area contributed by atoms with Crippen molar-refractivity contribution in [1.29, 1.82) is 0 Å². The van der Waals surface area contributed by atoms with Crippen LogP contribution < -0.4 is 10.5 Å². The predicted molar refractivity (Wildman–Crippen MR) is 84.7 cm³/mol. The maximum atomic E-state index is 5.95. The van der Waals surface area contributed by atoms with E-state index in [4.69, 9.17) is 22.1 Å². The Kier molecular flexibility index (Phi) is 5.05. The Morgan fingerprint density at radius 2 is 1.85 bits per heavy atom. The van der Waals surface area contributed by atoms with E-state index in [1.807, 2.05) is 30.3 Å². The van der Waals surface area contributed by atoms with E-state index in [-0.39, 0.29) is 5.92 Å². The highest BCUT2D eigenvalue weighted by Gasteiger charge is 2.13. The Morgan fingerprint density at radius 3 is 2.45 bits per heavy atom. The van der Waals surface area contributed by atoms with Gasteiger partial charge in [0.15, 0.2) is 0 Å². The Hall–Kier alpha value is -1.51. The molecule has 1 unspecified atom stereocenters. The zero-order valence-electron chi connectivity index (χ0n) is 11.9. The molecule has 1 atom stereocenters. The van der Waals surface area contributed by atoms with Crippen LogP contribution in [0.5, 0.6) is 5.75 Å². The maximum absolute atomic E-state index is 5.95. The molecular weight excluding hydrogens is 270 g/mol. The largest absolute Gasteiger partial charge is 0.496 e. The second-order valence-corrected chi connectivity index (χ2v) is 5.44. The summed E-state index contributed by atoms with van der Waals surface area (Å²) in [6.07, 6.45) is 0.864. The molecule has 0 aliphatic heterocycles. The number of nitrogens with two attached hydrogens (primary N) is 1. The first-order valence-corrected chi connectivity index (χ1v) is 7.11. The molecule has 0 amide bonds. The topological polar surface area (TPSA) is 35.2 Å². The van der Waals surface area contributed by atoms with Gasteiger partial charge in [0.2, 0.25) is 0 Å². The summed E-state index contributed by atoms with van der Waals surface area (Å²) in [6, 6.07) is 14.1. The molecule has 0 aliphatic rings. The van der Waals surface area contributed by atoms with E-state index in [1.54, 1.807) is 7.11 Å². The Morgan fingerprint density at radius 1 is 1.15 bits per heavy atom. The smallest absolute Gasteiger partial charge is 0.122 e. The first kappa shape index (κ1) is 14.9. The fraction of sp³-hybridized carbons (Fsp3) is 0.294. The fourth-order valence-corrected chi connectivity index (χ4v) is 2.53. The number of methoxy groups -OCH3 is 1. The van der Waals surface area contributed by atoms with E-state index in [2.05, 4.69) is 19.1 Å². The van der Waals surface area contributed by atoms with Gasteiger partial charge in [0, 0.05) is 10.9 Å². The molecule has 0 radical (unpaired) electrons. The third-order valence-electron chi connectivity index (χ3n) is 3.53. The molecule has 0 aromatic heterocycles. The number of rotatable bonds is 5. The predicted octanol–water partition coefficient (Wildman–Crippen LogP) is 3.94. The van der Waals surface area contributed by atoms with Crippen LogP contribution in [-0.4, -0.2) is 13.7 Å². The lowest BCUT2D eigenvalue weighted by molar-refractivity contribution is 0.408. The molecule has 2 nitrogen and oxygen atoms in total. The maximum Gasteiger partial charge on any atom is 0.122 e. The van der Waals surface area contributed by atoms with Gasteiger partial charge in [0.1, 0.15) is 5.75 Å². The van der Waals surface area contributed by atoms with Crippen LogP contribution >= 0.6 is 11.6 Å². The molecule has 2 rings (SSSR count). The Balaban J connectivity index is 2.26. The van der Waals surface area contributed by atoms with Crippen LogP contribution in [0.15, 0.2) is 42.5 Å². The normalized spacial score (nSPS) is 12.2. The first-order chi connectivity index (χ1) is 9.63. The van der Waals surface area contributed by atoms with Gasteiger partial charge in [-0.15, -0.1) is 0 Å². The standard InChI is InChI=1S/C17H20ClNO/c1-12-3-8-17(20-2)14(9-12)10-15(11-19)13-4-6-16(18)7-5-13/h3-9,15H,10-11,19H2,1-2H3. The van der Waals surface area contributed by atoms with Gasteiger partial charge in [-0.25, -0.2) is 0 Å². The third kappa shape index (κ3) is 3.53. The molecule has 0 saturated heterocycles. The lowest BCUT2D eigenvalue weighted by Gasteiger charge is -2.18. The molecule has 2 N–H and O–H groups in total. The van der Waals surface area contributed by atoms with Crippen molar-refractivity contribution >= 4 is 11.6 Å². The Labute approximate surface area is 125 Å². The quantitative estimate of drug-likeness (QED) is 0.905. The minimum atomic E-state index is 0.267. The highest BCUT2D eigenvalue weighted by atomic mass is 35.5. The number of halogens is 1. The van der Waals surface area contributed by atoms with Gasteiger partial charge in [0.25, 0.3) is 0 Å². The fourth-order valence-electron chi connectivity index (χ4n) is 2.40. The van der Waals surface area contributed by atoms with E-state index in [1.165, 1.54) is 16.7 Å². The Bertz CT molecular complexity index is 566. The average molecular weight is 290 g/mol. The molecule has 0 saturated carbocycles. The van der Waals surface area contributed by atoms with Crippen molar-refractivity contribution in [2.75, 3.05) is 13.7 Å². The molecule has 0 aliphatic carbocycles. The van der Waals surface area contributed by atoms with Crippen LogP contribution in [0.3, 0.4) is 0 Å². The molecule has 0 fully saturated rings. The molecule has 106 valence electrons. The highest BCUT2D eigenvalue weighted by Crippen LogP contribution is 2.27. The molecule has 2 aromatic carbocycles. The minimum absolute atomic E-state index is 0.267. The van der Waals surface area contributed by atoms with Gasteiger partial charge >= 0.3 is 0 Å². The summed E-state index contributed by atoms with van der Waals surface area (Å²) >= 11 is 5.94. The van der Waals surface area contributed by atoms with E-state index in [0.29, 0.717) is 6.54 Å². The van der Waals surface area contributed by atoms with Gasteiger partial charge in [-0.3, -0.25) is 0 Å². The third-order valence-corrected chi connectivity index (χ3v) is 3.78. The summed E-state index contributed by atoms with van der Waals surface area (Å²) in [6.45, 7) is 2.68. The molecule has 0 bridgehead atoms. The molecule has 3 heteroatoms. The number of hydrogen-bond donors (Lipinski definition) is 1. The summed E-state index contributed by atoms with van der Waals surface area (Å²) in [5.74, 6) is 1.19. The summed E-state index contributed by atoms with van der Waals surface area (Å²) in [5, 5.41) is 0.748. The van der Waals surface area contributed by atoms with E-state index >= 15 is 0 Å². The van der Waals surface area contributed by atoms with Crippen molar-refractivity contribution in [3.05, 3.63) is 64.2 Å². The summed E-state index contributed by atoms with van der Waals surface area (Å²) < 4.78 is 5.44. The lowest BCUT2D eigenvalue weighted by Crippen LogP contribution is -2.15. The zero-order chi connectivity index (χ0) is 14.5. The average Bonchev–Trinajstić information content (AvgIpc) is 2.46. The molecular formula is C17H20ClNO. The van der Waals surface area contributed by atoms with Crippen LogP contribution in [0.1, 0.15) is 22.6 Å².